The lowest BCUT2D eigenvalue weighted by molar-refractivity contribution is 0.0947. The smallest absolute Gasteiger partial charge is 0.255 e. The second-order valence-electron chi connectivity index (χ2n) is 6.55. The summed E-state index contributed by atoms with van der Waals surface area (Å²) in [6.45, 7) is 1.69. The van der Waals surface area contributed by atoms with Crippen LogP contribution in [0.2, 0.25) is 0 Å². The molecule has 9 heteroatoms. The fourth-order valence-electron chi connectivity index (χ4n) is 2.48. The van der Waals surface area contributed by atoms with Gasteiger partial charge in [0, 0.05) is 13.1 Å². The molecule has 2 rings (SSSR count). The van der Waals surface area contributed by atoms with Gasteiger partial charge < -0.3 is 19.7 Å². The molecule has 1 amide bonds. The van der Waals surface area contributed by atoms with Crippen LogP contribution in [0.5, 0.6) is 11.5 Å². The van der Waals surface area contributed by atoms with E-state index in [0.717, 1.165) is 17.9 Å². The first kappa shape index (κ1) is 22.7. The van der Waals surface area contributed by atoms with Crippen LogP contribution in [-0.4, -0.2) is 60.6 Å². The number of benzene rings is 2. The maximum atomic E-state index is 12.6. The van der Waals surface area contributed by atoms with Crippen LogP contribution in [0.3, 0.4) is 0 Å². The average molecular weight is 422 g/mol. The third kappa shape index (κ3) is 6.45. The summed E-state index contributed by atoms with van der Waals surface area (Å²) in [5, 5.41) is 2.78. The largest absolute Gasteiger partial charge is 0.496 e. The standard InChI is InChI=1S/C20H27N3O5S/c1-21-29(25,26)17-9-10-19(27-4)18(13-17)20(24)22-14-15-5-7-16(8-6-15)28-12-11-23(2)3/h5-10,13,21H,11-12,14H2,1-4H3,(H,22,24). The van der Waals surface area contributed by atoms with Crippen molar-refractivity contribution in [1.29, 1.82) is 0 Å². The second kappa shape index (κ2) is 10.2. The molecular weight excluding hydrogens is 394 g/mol. The number of hydrogen-bond acceptors (Lipinski definition) is 6. The molecule has 8 nitrogen and oxygen atoms in total. The number of carbonyl (C=O) groups is 1. The Hall–Kier alpha value is -2.62. The lowest BCUT2D eigenvalue weighted by atomic mass is 10.1. The molecule has 2 aromatic carbocycles. The fraction of sp³-hybridized carbons (Fsp3) is 0.350. The number of amides is 1. The predicted molar refractivity (Wildman–Crippen MR) is 111 cm³/mol. The van der Waals surface area contributed by atoms with Gasteiger partial charge >= 0.3 is 0 Å². The van der Waals surface area contributed by atoms with Crippen molar-refractivity contribution in [3.63, 3.8) is 0 Å². The molecule has 0 unspecified atom stereocenters. The van der Waals surface area contributed by atoms with Crippen LogP contribution in [0, 0.1) is 0 Å². The van der Waals surface area contributed by atoms with Crippen LogP contribution in [0.4, 0.5) is 0 Å². The van der Waals surface area contributed by atoms with Gasteiger partial charge in [-0.1, -0.05) is 12.1 Å². The van der Waals surface area contributed by atoms with Gasteiger partial charge in [-0.2, -0.15) is 0 Å². The Kier molecular flexibility index (Phi) is 8.00. The van der Waals surface area contributed by atoms with Crippen LogP contribution >= 0.6 is 0 Å². The van der Waals surface area contributed by atoms with Crippen LogP contribution in [0.25, 0.3) is 0 Å². The Labute approximate surface area is 171 Å². The van der Waals surface area contributed by atoms with E-state index in [-0.39, 0.29) is 17.0 Å². The molecule has 29 heavy (non-hydrogen) atoms. The van der Waals surface area contributed by atoms with Crippen molar-refractivity contribution in [3.05, 3.63) is 53.6 Å². The summed E-state index contributed by atoms with van der Waals surface area (Å²) in [5.41, 5.74) is 1.03. The van der Waals surface area contributed by atoms with Crippen LogP contribution in [0.15, 0.2) is 47.4 Å². The van der Waals surface area contributed by atoms with E-state index < -0.39 is 15.9 Å². The van der Waals surface area contributed by atoms with Crippen LogP contribution in [0.1, 0.15) is 15.9 Å². The van der Waals surface area contributed by atoms with Crippen molar-refractivity contribution in [1.82, 2.24) is 14.9 Å². The van der Waals surface area contributed by atoms with Gasteiger partial charge in [0.1, 0.15) is 18.1 Å². The molecule has 0 heterocycles. The van der Waals surface area contributed by atoms with Crippen molar-refractivity contribution < 1.29 is 22.7 Å². The van der Waals surface area contributed by atoms with Crippen molar-refractivity contribution in [2.24, 2.45) is 0 Å². The van der Waals surface area contributed by atoms with E-state index in [1.54, 1.807) is 0 Å². The SMILES string of the molecule is CNS(=O)(=O)c1ccc(OC)c(C(=O)NCc2ccc(OCCN(C)C)cc2)c1. The van der Waals surface area contributed by atoms with Gasteiger partial charge in [-0.3, -0.25) is 4.79 Å². The van der Waals surface area contributed by atoms with Gasteiger partial charge in [0.25, 0.3) is 5.91 Å². The summed E-state index contributed by atoms with van der Waals surface area (Å²) in [6.07, 6.45) is 0. The summed E-state index contributed by atoms with van der Waals surface area (Å²) in [4.78, 5) is 14.6. The minimum atomic E-state index is -3.67. The van der Waals surface area contributed by atoms with E-state index in [9.17, 15) is 13.2 Å². The summed E-state index contributed by atoms with van der Waals surface area (Å²) in [6, 6.07) is 11.6. The van der Waals surface area contributed by atoms with Gasteiger partial charge in [0.15, 0.2) is 0 Å². The van der Waals surface area contributed by atoms with Gasteiger partial charge in [0.05, 0.1) is 17.6 Å². The summed E-state index contributed by atoms with van der Waals surface area (Å²) < 4.78 is 37.1. The first-order chi connectivity index (χ1) is 13.8. The van der Waals surface area contributed by atoms with Crippen molar-refractivity contribution in [2.75, 3.05) is 41.4 Å². The molecule has 2 N–H and O–H groups in total. The van der Waals surface area contributed by atoms with Crippen molar-refractivity contribution >= 4 is 15.9 Å². The van der Waals surface area contributed by atoms with Gasteiger partial charge in [-0.25, -0.2) is 13.1 Å². The topological polar surface area (TPSA) is 97.0 Å². The Bertz CT molecular complexity index is 928. The third-order valence-electron chi connectivity index (χ3n) is 4.18. The minimum absolute atomic E-state index is 0.00910. The molecule has 0 fully saturated rings. The van der Waals surface area contributed by atoms with Gasteiger partial charge in [-0.05, 0) is 57.0 Å². The number of likely N-dealkylation sites (N-methyl/N-ethyl adjacent to an activating group) is 1. The van der Waals surface area contributed by atoms with Crippen molar-refractivity contribution in [2.45, 2.75) is 11.4 Å². The van der Waals surface area contributed by atoms with E-state index >= 15 is 0 Å². The van der Waals surface area contributed by atoms with E-state index in [2.05, 4.69) is 10.0 Å². The highest BCUT2D eigenvalue weighted by molar-refractivity contribution is 7.89. The Morgan fingerprint density at radius 3 is 2.38 bits per heavy atom. The molecule has 0 spiro atoms. The Morgan fingerprint density at radius 1 is 1.10 bits per heavy atom. The molecule has 0 aliphatic carbocycles. The number of sulfonamides is 1. The molecule has 0 bridgehead atoms. The number of hydrogen-bond donors (Lipinski definition) is 2. The summed E-state index contributed by atoms with van der Waals surface area (Å²) >= 11 is 0. The summed E-state index contributed by atoms with van der Waals surface area (Å²) in [5.74, 6) is 0.622. The molecule has 0 saturated carbocycles. The first-order valence-corrected chi connectivity index (χ1v) is 10.5. The summed E-state index contributed by atoms with van der Waals surface area (Å²) in [7, 11) is 3.03. The highest BCUT2D eigenvalue weighted by atomic mass is 32.2. The molecule has 0 saturated heterocycles. The van der Waals surface area contributed by atoms with E-state index in [1.807, 2.05) is 43.3 Å². The quantitative estimate of drug-likeness (QED) is 0.603. The van der Waals surface area contributed by atoms with Gasteiger partial charge in [-0.15, -0.1) is 0 Å². The number of rotatable bonds is 10. The van der Waals surface area contributed by atoms with E-state index in [4.69, 9.17) is 9.47 Å². The zero-order chi connectivity index (χ0) is 21.4. The average Bonchev–Trinajstić information content (AvgIpc) is 2.72. The lowest BCUT2D eigenvalue weighted by Crippen LogP contribution is -2.24. The monoisotopic (exact) mass is 421 g/mol. The molecule has 0 atom stereocenters. The molecule has 158 valence electrons. The lowest BCUT2D eigenvalue weighted by Gasteiger charge is -2.12. The van der Waals surface area contributed by atoms with Crippen LogP contribution in [-0.2, 0) is 16.6 Å². The first-order valence-electron chi connectivity index (χ1n) is 9.03. The molecule has 0 radical (unpaired) electrons. The number of nitrogens with zero attached hydrogens (tertiary/aromatic N) is 1. The number of nitrogens with one attached hydrogen (secondary N) is 2. The normalized spacial score (nSPS) is 11.3. The molecule has 0 aliphatic rings. The maximum Gasteiger partial charge on any atom is 0.255 e. The van der Waals surface area contributed by atoms with Crippen molar-refractivity contribution in [3.8, 4) is 11.5 Å². The van der Waals surface area contributed by atoms with Crippen LogP contribution < -0.4 is 19.5 Å². The fourth-order valence-corrected chi connectivity index (χ4v) is 3.23. The number of carbonyl (C=O) groups excluding carboxylic acids is 1. The Balaban J connectivity index is 2.04. The maximum absolute atomic E-state index is 12.6. The van der Waals surface area contributed by atoms with Gasteiger partial charge in [0.2, 0.25) is 10.0 Å². The highest BCUT2D eigenvalue weighted by Crippen LogP contribution is 2.22. The molecule has 2 aromatic rings. The molecule has 0 aromatic heterocycles. The van der Waals surface area contributed by atoms with E-state index in [0.29, 0.717) is 12.4 Å². The number of ether oxygens (including phenoxy) is 2. The number of methoxy groups -OCH3 is 1. The zero-order valence-corrected chi connectivity index (χ0v) is 17.9. The molecular formula is C20H27N3O5S. The predicted octanol–water partition coefficient (Wildman–Crippen LogP) is 1.47. The second-order valence-corrected chi connectivity index (χ2v) is 8.43. The zero-order valence-electron chi connectivity index (χ0n) is 17.1. The minimum Gasteiger partial charge on any atom is -0.496 e. The Morgan fingerprint density at radius 2 is 1.79 bits per heavy atom. The molecule has 0 aliphatic heterocycles. The van der Waals surface area contributed by atoms with E-state index in [1.165, 1.54) is 32.4 Å². The third-order valence-corrected chi connectivity index (χ3v) is 5.59. The highest BCUT2D eigenvalue weighted by Gasteiger charge is 2.18.